The van der Waals surface area contributed by atoms with Gasteiger partial charge in [0.05, 0.1) is 0 Å². The summed E-state index contributed by atoms with van der Waals surface area (Å²) in [5.74, 6) is 0. The maximum atomic E-state index is 4.03. The molecule has 0 atom stereocenters. The molecule has 0 heterocycles. The molecule has 0 spiro atoms. The maximum Gasteiger partial charge on any atom is -0.0184 e. The van der Waals surface area contributed by atoms with Crippen LogP contribution in [0.5, 0.6) is 0 Å². The van der Waals surface area contributed by atoms with Crippen LogP contribution >= 0.6 is 0 Å². The van der Waals surface area contributed by atoms with E-state index in [9.17, 15) is 0 Å². The zero-order valence-electron chi connectivity index (χ0n) is 14.0. The van der Waals surface area contributed by atoms with Gasteiger partial charge >= 0.3 is 0 Å². The second-order valence-corrected chi connectivity index (χ2v) is 2.79. The van der Waals surface area contributed by atoms with Crippen molar-refractivity contribution in [2.45, 2.75) is 48.5 Å². The maximum absolute atomic E-state index is 4.03. The third-order valence-electron chi connectivity index (χ3n) is 2.00. The van der Waals surface area contributed by atoms with E-state index in [4.69, 9.17) is 0 Å². The quantitative estimate of drug-likeness (QED) is 0.518. The molecule has 1 aromatic carbocycles. The fourth-order valence-electron chi connectivity index (χ4n) is 1.22. The van der Waals surface area contributed by atoms with Crippen molar-refractivity contribution in [1.29, 1.82) is 0 Å². The zero-order valence-corrected chi connectivity index (χ0v) is 14.0. The first-order chi connectivity index (χ1) is 9.29. The Morgan fingerprint density at radius 2 is 1.32 bits per heavy atom. The Bertz CT molecular complexity index is 328. The van der Waals surface area contributed by atoms with Gasteiger partial charge in [-0.15, -0.1) is 0 Å². The molecule has 0 aliphatic carbocycles. The lowest BCUT2D eigenvalue weighted by atomic mass is 10.00. The minimum absolute atomic E-state index is 1.03. The van der Waals surface area contributed by atoms with Crippen molar-refractivity contribution < 1.29 is 0 Å². The first-order valence-corrected chi connectivity index (χ1v) is 7.33. The monoisotopic (exact) mass is 260 g/mol. The highest BCUT2D eigenvalue weighted by Crippen LogP contribution is 2.20. The van der Waals surface area contributed by atoms with Crippen molar-refractivity contribution in [2.75, 3.05) is 0 Å². The molecule has 0 nitrogen and oxygen atoms in total. The van der Waals surface area contributed by atoms with Crippen molar-refractivity contribution >= 4 is 5.57 Å². The summed E-state index contributed by atoms with van der Waals surface area (Å²) in [5, 5.41) is 0. The van der Waals surface area contributed by atoms with Gasteiger partial charge in [0.2, 0.25) is 0 Å². The summed E-state index contributed by atoms with van der Waals surface area (Å²) in [6.07, 6.45) is 3.84. The molecule has 1 aromatic rings. The lowest BCUT2D eigenvalue weighted by Crippen LogP contribution is -1.84. The average Bonchev–Trinajstić information content (AvgIpc) is 2.55. The standard InChI is InChI=1S/C13H14.3C2H6/c1-4-12(5-2)11(3)13-9-7-6-8-10-13;3*1-2/h4-10H,1,3H2,2H3;3*1-2H3/b12-5+;;;. The third kappa shape index (κ3) is 10.1. The Kier molecular flexibility index (Phi) is 22.4. The van der Waals surface area contributed by atoms with E-state index in [0.29, 0.717) is 0 Å². The molecular weight excluding hydrogens is 228 g/mol. The molecule has 0 bridgehead atoms. The molecule has 0 aliphatic heterocycles. The molecule has 0 N–H and O–H groups in total. The third-order valence-corrected chi connectivity index (χ3v) is 2.00. The van der Waals surface area contributed by atoms with E-state index in [0.717, 1.165) is 16.7 Å². The molecule has 19 heavy (non-hydrogen) atoms. The van der Waals surface area contributed by atoms with Gasteiger partial charge in [0.1, 0.15) is 0 Å². The lowest BCUT2D eigenvalue weighted by Gasteiger charge is -2.05. The van der Waals surface area contributed by atoms with Gasteiger partial charge in [-0.3, -0.25) is 0 Å². The Morgan fingerprint density at radius 1 is 0.895 bits per heavy atom. The van der Waals surface area contributed by atoms with Crippen molar-refractivity contribution in [3.8, 4) is 0 Å². The molecule has 0 aromatic heterocycles. The van der Waals surface area contributed by atoms with Crippen LogP contribution in [0.4, 0.5) is 0 Å². The highest BCUT2D eigenvalue weighted by molar-refractivity contribution is 5.79. The summed E-state index contributed by atoms with van der Waals surface area (Å²) in [4.78, 5) is 0. The number of hydrogen-bond acceptors (Lipinski definition) is 0. The second kappa shape index (κ2) is 18.8. The molecule has 0 unspecified atom stereocenters. The summed E-state index contributed by atoms with van der Waals surface area (Å²) < 4.78 is 0. The van der Waals surface area contributed by atoms with E-state index >= 15 is 0 Å². The summed E-state index contributed by atoms with van der Waals surface area (Å²) in [7, 11) is 0. The fourth-order valence-corrected chi connectivity index (χ4v) is 1.22. The van der Waals surface area contributed by atoms with Crippen molar-refractivity contribution in [1.82, 2.24) is 0 Å². The van der Waals surface area contributed by atoms with Crippen molar-refractivity contribution in [3.63, 3.8) is 0 Å². The summed E-state index contributed by atoms with van der Waals surface area (Å²) >= 11 is 0. The molecule has 0 saturated carbocycles. The van der Waals surface area contributed by atoms with Crippen LogP contribution in [0, 0.1) is 0 Å². The van der Waals surface area contributed by atoms with E-state index in [1.54, 1.807) is 0 Å². The Labute approximate surface area is 121 Å². The Balaban J connectivity index is -0.000000375. The molecule has 0 heteroatoms. The van der Waals surface area contributed by atoms with E-state index in [-0.39, 0.29) is 0 Å². The topological polar surface area (TPSA) is 0 Å². The zero-order chi connectivity index (χ0) is 15.7. The van der Waals surface area contributed by atoms with Crippen LogP contribution < -0.4 is 0 Å². The highest BCUT2D eigenvalue weighted by Gasteiger charge is 1.99. The molecule has 0 fully saturated rings. The van der Waals surface area contributed by atoms with Crippen LogP contribution in [0.15, 0.2) is 61.2 Å². The van der Waals surface area contributed by atoms with Crippen LogP contribution in [0.3, 0.4) is 0 Å². The molecular formula is C19H32. The molecule has 0 aliphatic rings. The van der Waals surface area contributed by atoms with Gasteiger partial charge in [-0.25, -0.2) is 0 Å². The van der Waals surface area contributed by atoms with E-state index in [2.05, 4.69) is 25.3 Å². The van der Waals surface area contributed by atoms with Gasteiger partial charge in [-0.05, 0) is 23.6 Å². The first-order valence-electron chi connectivity index (χ1n) is 7.33. The first kappa shape index (κ1) is 22.6. The Hall–Kier alpha value is -1.56. The minimum Gasteiger partial charge on any atom is -0.0985 e. The Morgan fingerprint density at radius 3 is 1.63 bits per heavy atom. The number of hydrogen-bond donors (Lipinski definition) is 0. The largest absolute Gasteiger partial charge is 0.0985 e. The van der Waals surface area contributed by atoms with Gasteiger partial charge in [0.25, 0.3) is 0 Å². The summed E-state index contributed by atoms with van der Waals surface area (Å²) in [6.45, 7) is 21.8. The molecule has 108 valence electrons. The van der Waals surface area contributed by atoms with Gasteiger partial charge in [-0.2, -0.15) is 0 Å². The SMILES string of the molecule is C=C/C(=C\C)C(=C)c1ccccc1.CC.CC.CC. The van der Waals surface area contributed by atoms with Crippen LogP contribution in [0.2, 0.25) is 0 Å². The minimum atomic E-state index is 1.03. The van der Waals surface area contributed by atoms with Crippen LogP contribution in [0.25, 0.3) is 5.57 Å². The summed E-state index contributed by atoms with van der Waals surface area (Å²) in [6, 6.07) is 10.1. The number of allylic oxidation sites excluding steroid dienone is 4. The normalized spacial score (nSPS) is 8.47. The van der Waals surface area contributed by atoms with Crippen LogP contribution in [-0.4, -0.2) is 0 Å². The molecule has 0 saturated heterocycles. The molecule has 0 radical (unpaired) electrons. The average molecular weight is 260 g/mol. The number of benzene rings is 1. The van der Waals surface area contributed by atoms with E-state index < -0.39 is 0 Å². The van der Waals surface area contributed by atoms with Crippen molar-refractivity contribution in [2.24, 2.45) is 0 Å². The van der Waals surface area contributed by atoms with Crippen LogP contribution in [0.1, 0.15) is 54.0 Å². The van der Waals surface area contributed by atoms with Gasteiger partial charge in [-0.1, -0.05) is 97.2 Å². The van der Waals surface area contributed by atoms with Gasteiger partial charge in [0.15, 0.2) is 0 Å². The van der Waals surface area contributed by atoms with Gasteiger partial charge in [0, 0.05) is 0 Å². The highest BCUT2D eigenvalue weighted by atomic mass is 14.0. The number of rotatable bonds is 3. The smallest absolute Gasteiger partial charge is 0.0184 e. The fraction of sp³-hybridized carbons (Fsp3) is 0.368. The van der Waals surface area contributed by atoms with E-state index in [1.165, 1.54) is 0 Å². The molecule has 0 amide bonds. The van der Waals surface area contributed by atoms with Gasteiger partial charge < -0.3 is 0 Å². The predicted octanol–water partition coefficient (Wildman–Crippen LogP) is 6.91. The summed E-state index contributed by atoms with van der Waals surface area (Å²) in [5.41, 5.74) is 3.26. The van der Waals surface area contributed by atoms with E-state index in [1.807, 2.05) is 78.8 Å². The van der Waals surface area contributed by atoms with Crippen LogP contribution in [-0.2, 0) is 0 Å². The predicted molar refractivity (Wildman–Crippen MR) is 93.5 cm³/mol. The lowest BCUT2D eigenvalue weighted by molar-refractivity contribution is 1.50. The van der Waals surface area contributed by atoms with Crippen molar-refractivity contribution in [3.05, 3.63) is 66.8 Å². The molecule has 1 rings (SSSR count). The second-order valence-electron chi connectivity index (χ2n) is 2.79.